The normalized spacial score (nSPS) is 22.1. The van der Waals surface area contributed by atoms with Crippen LogP contribution in [0.5, 0.6) is 0 Å². The molecule has 1 saturated heterocycles. The van der Waals surface area contributed by atoms with E-state index in [-0.39, 0.29) is 22.9 Å². The molecule has 1 amide bonds. The summed E-state index contributed by atoms with van der Waals surface area (Å²) in [6.07, 6.45) is 4.80. The van der Waals surface area contributed by atoms with Gasteiger partial charge in [0.1, 0.15) is 0 Å². The molecule has 2 aliphatic rings. The van der Waals surface area contributed by atoms with Crippen LogP contribution in [0.15, 0.2) is 29.2 Å². The van der Waals surface area contributed by atoms with E-state index in [4.69, 9.17) is 5.73 Å². The van der Waals surface area contributed by atoms with Gasteiger partial charge in [0.2, 0.25) is 10.0 Å². The fourth-order valence-corrected chi connectivity index (χ4v) is 4.25. The number of nitrogens with zero attached hydrogens (tertiary/aromatic N) is 1. The standard InChI is InChI=1S/C16H23N3O3S/c17-11-14-3-1-2-10-19(14)16(20)12-4-8-15(9-5-12)23(21,22)18-13-6-7-13/h4-5,8-9,13-14,18H,1-3,6-7,10-11,17H2. The van der Waals surface area contributed by atoms with Gasteiger partial charge in [-0.3, -0.25) is 4.79 Å². The molecule has 1 heterocycles. The zero-order valence-electron chi connectivity index (χ0n) is 13.1. The summed E-state index contributed by atoms with van der Waals surface area (Å²) in [4.78, 5) is 14.6. The maximum absolute atomic E-state index is 12.6. The lowest BCUT2D eigenvalue weighted by Crippen LogP contribution is -2.47. The van der Waals surface area contributed by atoms with Gasteiger partial charge in [-0.05, 0) is 56.4 Å². The molecular formula is C16H23N3O3S. The van der Waals surface area contributed by atoms with Crippen LogP contribution in [0.25, 0.3) is 0 Å². The predicted octanol–water partition coefficient (Wildman–Crippen LogP) is 1.08. The first kappa shape index (κ1) is 16.4. The summed E-state index contributed by atoms with van der Waals surface area (Å²) in [6.45, 7) is 1.17. The molecule has 126 valence electrons. The number of likely N-dealkylation sites (tertiary alicyclic amines) is 1. The van der Waals surface area contributed by atoms with E-state index in [1.54, 1.807) is 12.1 Å². The number of sulfonamides is 1. The lowest BCUT2D eigenvalue weighted by atomic mass is 10.0. The summed E-state index contributed by atoms with van der Waals surface area (Å²) in [6, 6.07) is 6.33. The number of rotatable bonds is 5. The summed E-state index contributed by atoms with van der Waals surface area (Å²) >= 11 is 0. The molecule has 1 unspecified atom stereocenters. The largest absolute Gasteiger partial charge is 0.334 e. The van der Waals surface area contributed by atoms with E-state index in [1.807, 2.05) is 4.90 Å². The Hall–Kier alpha value is -1.44. The fraction of sp³-hybridized carbons (Fsp3) is 0.562. The highest BCUT2D eigenvalue weighted by molar-refractivity contribution is 7.89. The molecular weight excluding hydrogens is 314 g/mol. The van der Waals surface area contributed by atoms with E-state index < -0.39 is 10.0 Å². The van der Waals surface area contributed by atoms with Crippen LogP contribution in [0.4, 0.5) is 0 Å². The molecule has 1 aromatic rings. The van der Waals surface area contributed by atoms with Gasteiger partial charge in [-0.15, -0.1) is 0 Å². The fourth-order valence-electron chi connectivity index (χ4n) is 2.94. The Morgan fingerprint density at radius 2 is 1.87 bits per heavy atom. The zero-order valence-corrected chi connectivity index (χ0v) is 13.9. The number of amides is 1. The number of nitrogens with two attached hydrogens (primary N) is 1. The lowest BCUT2D eigenvalue weighted by Gasteiger charge is -2.35. The van der Waals surface area contributed by atoms with Crippen LogP contribution in [-0.4, -0.2) is 44.4 Å². The summed E-state index contributed by atoms with van der Waals surface area (Å²) < 4.78 is 26.9. The Kier molecular flexibility index (Phi) is 4.70. The van der Waals surface area contributed by atoms with E-state index in [9.17, 15) is 13.2 Å². The van der Waals surface area contributed by atoms with Gasteiger partial charge in [0.15, 0.2) is 0 Å². The topological polar surface area (TPSA) is 92.5 Å². The Bertz CT molecular complexity index is 668. The average molecular weight is 337 g/mol. The second-order valence-electron chi connectivity index (χ2n) is 6.30. The third-order valence-electron chi connectivity index (χ3n) is 4.47. The molecule has 1 aliphatic heterocycles. The minimum atomic E-state index is -3.47. The van der Waals surface area contributed by atoms with E-state index in [2.05, 4.69) is 4.72 Å². The molecule has 6 nitrogen and oxygen atoms in total. The van der Waals surface area contributed by atoms with Crippen LogP contribution < -0.4 is 10.5 Å². The second kappa shape index (κ2) is 6.59. The van der Waals surface area contributed by atoms with E-state index in [0.717, 1.165) is 32.1 Å². The molecule has 23 heavy (non-hydrogen) atoms. The number of nitrogens with one attached hydrogen (secondary N) is 1. The van der Waals surface area contributed by atoms with Crippen molar-refractivity contribution in [2.24, 2.45) is 5.73 Å². The van der Waals surface area contributed by atoms with Crippen molar-refractivity contribution < 1.29 is 13.2 Å². The predicted molar refractivity (Wildman–Crippen MR) is 87.5 cm³/mol. The van der Waals surface area contributed by atoms with Gasteiger partial charge >= 0.3 is 0 Å². The first-order valence-electron chi connectivity index (χ1n) is 8.15. The van der Waals surface area contributed by atoms with Crippen molar-refractivity contribution in [3.8, 4) is 0 Å². The number of piperidine rings is 1. The van der Waals surface area contributed by atoms with Gasteiger partial charge in [-0.1, -0.05) is 0 Å². The van der Waals surface area contributed by atoms with E-state index in [0.29, 0.717) is 18.7 Å². The highest BCUT2D eigenvalue weighted by atomic mass is 32.2. The second-order valence-corrected chi connectivity index (χ2v) is 8.02. The van der Waals surface area contributed by atoms with Crippen LogP contribution in [0.2, 0.25) is 0 Å². The van der Waals surface area contributed by atoms with Crippen LogP contribution >= 0.6 is 0 Å². The Morgan fingerprint density at radius 3 is 2.48 bits per heavy atom. The summed E-state index contributed by atoms with van der Waals surface area (Å²) in [5, 5.41) is 0. The smallest absolute Gasteiger partial charge is 0.254 e. The number of carbonyl (C=O) groups excluding carboxylic acids is 1. The maximum Gasteiger partial charge on any atom is 0.254 e. The average Bonchev–Trinajstić information content (AvgIpc) is 3.37. The molecule has 3 N–H and O–H groups in total. The number of hydrogen-bond donors (Lipinski definition) is 2. The Morgan fingerprint density at radius 1 is 1.17 bits per heavy atom. The first-order chi connectivity index (χ1) is 11.0. The number of carbonyl (C=O) groups is 1. The molecule has 7 heteroatoms. The maximum atomic E-state index is 12.6. The molecule has 0 radical (unpaired) electrons. The van der Waals surface area contributed by atoms with Crippen molar-refractivity contribution in [1.29, 1.82) is 0 Å². The van der Waals surface area contributed by atoms with Crippen LogP contribution in [0, 0.1) is 0 Å². The quantitative estimate of drug-likeness (QED) is 0.841. The molecule has 3 rings (SSSR count). The van der Waals surface area contributed by atoms with Crippen LogP contribution in [-0.2, 0) is 10.0 Å². The van der Waals surface area contributed by atoms with Gasteiger partial charge in [-0.25, -0.2) is 13.1 Å². The first-order valence-corrected chi connectivity index (χ1v) is 9.63. The molecule has 1 saturated carbocycles. The molecule has 1 aromatic carbocycles. The van der Waals surface area contributed by atoms with E-state index in [1.165, 1.54) is 12.1 Å². The highest BCUT2D eigenvalue weighted by Crippen LogP contribution is 2.23. The van der Waals surface area contributed by atoms with Crippen molar-refractivity contribution >= 4 is 15.9 Å². The highest BCUT2D eigenvalue weighted by Gasteiger charge is 2.29. The van der Waals surface area contributed by atoms with Crippen molar-refractivity contribution in [2.75, 3.05) is 13.1 Å². The van der Waals surface area contributed by atoms with Crippen molar-refractivity contribution in [1.82, 2.24) is 9.62 Å². The number of benzene rings is 1. The monoisotopic (exact) mass is 337 g/mol. The lowest BCUT2D eigenvalue weighted by molar-refractivity contribution is 0.0623. The summed E-state index contributed by atoms with van der Waals surface area (Å²) in [7, 11) is -3.47. The van der Waals surface area contributed by atoms with Gasteiger partial charge in [0, 0.05) is 30.7 Å². The van der Waals surface area contributed by atoms with Crippen LogP contribution in [0.3, 0.4) is 0 Å². The molecule has 2 fully saturated rings. The van der Waals surface area contributed by atoms with Gasteiger partial charge in [-0.2, -0.15) is 0 Å². The van der Waals surface area contributed by atoms with E-state index >= 15 is 0 Å². The summed E-state index contributed by atoms with van der Waals surface area (Å²) in [5.41, 5.74) is 6.27. The van der Waals surface area contributed by atoms with Gasteiger partial charge in [0.25, 0.3) is 5.91 Å². The minimum absolute atomic E-state index is 0.0694. The molecule has 1 aliphatic carbocycles. The third-order valence-corrected chi connectivity index (χ3v) is 6.01. The Labute approximate surface area is 137 Å². The van der Waals surface area contributed by atoms with Gasteiger partial charge < -0.3 is 10.6 Å². The number of hydrogen-bond acceptors (Lipinski definition) is 4. The molecule has 0 aromatic heterocycles. The SMILES string of the molecule is NCC1CCCCN1C(=O)c1ccc(S(=O)(=O)NC2CC2)cc1. The zero-order chi connectivity index (χ0) is 16.4. The summed E-state index contributed by atoms with van der Waals surface area (Å²) in [5.74, 6) is -0.0701. The van der Waals surface area contributed by atoms with Gasteiger partial charge in [0.05, 0.1) is 4.90 Å². The third kappa shape index (κ3) is 3.73. The molecule has 0 bridgehead atoms. The van der Waals surface area contributed by atoms with Crippen molar-refractivity contribution in [3.63, 3.8) is 0 Å². The van der Waals surface area contributed by atoms with Crippen LogP contribution in [0.1, 0.15) is 42.5 Å². The molecule has 0 spiro atoms. The minimum Gasteiger partial charge on any atom is -0.334 e. The Balaban J connectivity index is 1.74. The van der Waals surface area contributed by atoms with Crippen molar-refractivity contribution in [3.05, 3.63) is 29.8 Å². The molecule has 1 atom stereocenters. The van der Waals surface area contributed by atoms with Crippen molar-refractivity contribution in [2.45, 2.75) is 49.1 Å².